The molecule has 88 valence electrons. The van der Waals surface area contributed by atoms with Gasteiger partial charge in [0.2, 0.25) is 0 Å². The lowest BCUT2D eigenvalue weighted by atomic mass is 10.1. The van der Waals surface area contributed by atoms with E-state index in [0.29, 0.717) is 25.4 Å². The SMILES string of the molecule is CCOCCOc1cc(F)ccc1C(C)=O. The summed E-state index contributed by atoms with van der Waals surface area (Å²) >= 11 is 0. The first-order valence-electron chi connectivity index (χ1n) is 5.16. The maximum Gasteiger partial charge on any atom is 0.163 e. The molecular weight excluding hydrogens is 211 g/mol. The molecule has 1 aromatic rings. The van der Waals surface area contributed by atoms with E-state index in [1.165, 1.54) is 25.1 Å². The number of ketones is 1. The highest BCUT2D eigenvalue weighted by Gasteiger charge is 2.09. The van der Waals surface area contributed by atoms with Crippen molar-refractivity contribution in [2.45, 2.75) is 13.8 Å². The Labute approximate surface area is 94.2 Å². The number of ether oxygens (including phenoxy) is 2. The van der Waals surface area contributed by atoms with E-state index in [-0.39, 0.29) is 11.5 Å². The normalized spacial score (nSPS) is 10.2. The Balaban J connectivity index is 2.68. The Bertz CT molecular complexity index is 363. The van der Waals surface area contributed by atoms with E-state index in [9.17, 15) is 9.18 Å². The number of rotatable bonds is 6. The first kappa shape index (κ1) is 12.6. The highest BCUT2D eigenvalue weighted by Crippen LogP contribution is 2.20. The van der Waals surface area contributed by atoms with Crippen LogP contribution in [0.1, 0.15) is 24.2 Å². The minimum Gasteiger partial charge on any atom is -0.490 e. The Morgan fingerprint density at radius 2 is 2.12 bits per heavy atom. The van der Waals surface area contributed by atoms with E-state index in [1.807, 2.05) is 6.92 Å². The van der Waals surface area contributed by atoms with Gasteiger partial charge >= 0.3 is 0 Å². The van der Waals surface area contributed by atoms with Crippen LogP contribution in [0.2, 0.25) is 0 Å². The van der Waals surface area contributed by atoms with E-state index in [4.69, 9.17) is 9.47 Å². The molecule has 0 spiro atoms. The van der Waals surface area contributed by atoms with Gasteiger partial charge in [-0.05, 0) is 26.0 Å². The van der Waals surface area contributed by atoms with E-state index in [0.717, 1.165) is 0 Å². The smallest absolute Gasteiger partial charge is 0.163 e. The minimum atomic E-state index is -0.420. The average molecular weight is 226 g/mol. The third kappa shape index (κ3) is 3.62. The summed E-state index contributed by atoms with van der Waals surface area (Å²) in [4.78, 5) is 11.2. The van der Waals surface area contributed by atoms with Crippen LogP contribution in [0, 0.1) is 5.82 Å². The zero-order valence-corrected chi connectivity index (χ0v) is 9.46. The van der Waals surface area contributed by atoms with Gasteiger partial charge in [0, 0.05) is 12.7 Å². The predicted molar refractivity (Wildman–Crippen MR) is 58.4 cm³/mol. The van der Waals surface area contributed by atoms with Gasteiger partial charge in [-0.3, -0.25) is 4.79 Å². The first-order valence-corrected chi connectivity index (χ1v) is 5.16. The van der Waals surface area contributed by atoms with Gasteiger partial charge in [-0.25, -0.2) is 4.39 Å². The maximum atomic E-state index is 13.0. The Morgan fingerprint density at radius 1 is 1.38 bits per heavy atom. The second-order valence-corrected chi connectivity index (χ2v) is 3.24. The van der Waals surface area contributed by atoms with E-state index in [2.05, 4.69) is 0 Å². The molecule has 4 heteroatoms. The summed E-state index contributed by atoms with van der Waals surface area (Å²) in [5.74, 6) is -0.296. The summed E-state index contributed by atoms with van der Waals surface area (Å²) in [7, 11) is 0. The van der Waals surface area contributed by atoms with Gasteiger partial charge in [-0.2, -0.15) is 0 Å². The minimum absolute atomic E-state index is 0.147. The van der Waals surface area contributed by atoms with Gasteiger partial charge < -0.3 is 9.47 Å². The molecule has 0 aliphatic carbocycles. The number of benzene rings is 1. The summed E-state index contributed by atoms with van der Waals surface area (Å²) < 4.78 is 23.3. The van der Waals surface area contributed by atoms with Crippen LogP contribution in [0.5, 0.6) is 5.75 Å². The Kier molecular flexibility index (Phi) is 4.92. The van der Waals surface area contributed by atoms with Gasteiger partial charge in [0.25, 0.3) is 0 Å². The monoisotopic (exact) mass is 226 g/mol. The molecule has 0 amide bonds. The fourth-order valence-corrected chi connectivity index (χ4v) is 1.26. The van der Waals surface area contributed by atoms with Crippen molar-refractivity contribution in [2.24, 2.45) is 0 Å². The van der Waals surface area contributed by atoms with Crippen LogP contribution < -0.4 is 4.74 Å². The molecule has 0 fully saturated rings. The topological polar surface area (TPSA) is 35.5 Å². The van der Waals surface area contributed by atoms with Crippen LogP contribution in [0.25, 0.3) is 0 Å². The molecule has 0 N–H and O–H groups in total. The van der Waals surface area contributed by atoms with E-state index >= 15 is 0 Å². The first-order chi connectivity index (χ1) is 7.65. The van der Waals surface area contributed by atoms with Gasteiger partial charge in [0.1, 0.15) is 18.2 Å². The Hall–Kier alpha value is -1.42. The molecule has 0 aliphatic rings. The lowest BCUT2D eigenvalue weighted by Gasteiger charge is -2.09. The maximum absolute atomic E-state index is 13.0. The summed E-state index contributed by atoms with van der Waals surface area (Å²) in [6.45, 7) is 4.62. The number of Topliss-reactive ketones (excluding diaryl/α,β-unsaturated/α-hetero) is 1. The van der Waals surface area contributed by atoms with Gasteiger partial charge in [-0.15, -0.1) is 0 Å². The second-order valence-electron chi connectivity index (χ2n) is 3.24. The van der Waals surface area contributed by atoms with Crippen LogP contribution in [0.3, 0.4) is 0 Å². The number of hydrogen-bond acceptors (Lipinski definition) is 3. The van der Waals surface area contributed by atoms with Crippen molar-refractivity contribution < 1.29 is 18.7 Å². The number of carbonyl (C=O) groups excluding carboxylic acids is 1. The molecule has 0 atom stereocenters. The fourth-order valence-electron chi connectivity index (χ4n) is 1.26. The molecule has 0 bridgehead atoms. The van der Waals surface area contributed by atoms with Gasteiger partial charge in [0.05, 0.1) is 12.2 Å². The molecule has 0 radical (unpaired) electrons. The van der Waals surface area contributed by atoms with E-state index in [1.54, 1.807) is 0 Å². The van der Waals surface area contributed by atoms with Gasteiger partial charge in [0.15, 0.2) is 5.78 Å². The number of halogens is 1. The second kappa shape index (κ2) is 6.23. The fraction of sp³-hybridized carbons (Fsp3) is 0.417. The lowest BCUT2D eigenvalue weighted by molar-refractivity contribution is 0.0990. The van der Waals surface area contributed by atoms with Crippen LogP contribution >= 0.6 is 0 Å². The quantitative estimate of drug-likeness (QED) is 0.552. The third-order valence-electron chi connectivity index (χ3n) is 2.01. The van der Waals surface area contributed by atoms with E-state index < -0.39 is 5.82 Å². The highest BCUT2D eigenvalue weighted by molar-refractivity contribution is 5.96. The summed E-state index contributed by atoms with van der Waals surface area (Å²) in [5.41, 5.74) is 0.387. The van der Waals surface area contributed by atoms with Crippen molar-refractivity contribution in [1.82, 2.24) is 0 Å². The van der Waals surface area contributed by atoms with Crippen molar-refractivity contribution in [3.63, 3.8) is 0 Å². The number of carbonyl (C=O) groups is 1. The van der Waals surface area contributed by atoms with Crippen molar-refractivity contribution in [1.29, 1.82) is 0 Å². The van der Waals surface area contributed by atoms with Crippen molar-refractivity contribution >= 4 is 5.78 Å². The zero-order chi connectivity index (χ0) is 12.0. The highest BCUT2D eigenvalue weighted by atomic mass is 19.1. The molecule has 16 heavy (non-hydrogen) atoms. The van der Waals surface area contributed by atoms with Crippen LogP contribution in [0.4, 0.5) is 4.39 Å². The molecule has 0 saturated heterocycles. The summed E-state index contributed by atoms with van der Waals surface area (Å²) in [5, 5.41) is 0. The molecule has 1 aromatic carbocycles. The number of hydrogen-bond donors (Lipinski definition) is 0. The predicted octanol–water partition coefficient (Wildman–Crippen LogP) is 2.44. The summed E-state index contributed by atoms with van der Waals surface area (Å²) in [6.07, 6.45) is 0. The average Bonchev–Trinajstić information content (AvgIpc) is 2.24. The van der Waals surface area contributed by atoms with Gasteiger partial charge in [-0.1, -0.05) is 0 Å². The Morgan fingerprint density at radius 3 is 2.75 bits per heavy atom. The molecular formula is C12H15FO3. The lowest BCUT2D eigenvalue weighted by Crippen LogP contribution is -2.09. The van der Waals surface area contributed by atoms with Crippen molar-refractivity contribution in [3.05, 3.63) is 29.6 Å². The zero-order valence-electron chi connectivity index (χ0n) is 9.46. The summed E-state index contributed by atoms with van der Waals surface area (Å²) in [6, 6.07) is 3.88. The third-order valence-corrected chi connectivity index (χ3v) is 2.01. The standard InChI is InChI=1S/C12H15FO3/c1-3-15-6-7-16-12-8-10(13)4-5-11(12)9(2)14/h4-5,8H,3,6-7H2,1-2H3. The molecule has 0 saturated carbocycles. The molecule has 0 unspecified atom stereocenters. The van der Waals surface area contributed by atoms with Crippen LogP contribution in [0.15, 0.2) is 18.2 Å². The molecule has 0 heterocycles. The van der Waals surface area contributed by atoms with Crippen LogP contribution in [-0.4, -0.2) is 25.6 Å². The van der Waals surface area contributed by atoms with Crippen LogP contribution in [-0.2, 0) is 4.74 Å². The van der Waals surface area contributed by atoms with Crippen molar-refractivity contribution in [3.8, 4) is 5.75 Å². The molecule has 3 nitrogen and oxygen atoms in total. The molecule has 0 aliphatic heterocycles. The van der Waals surface area contributed by atoms with Crippen molar-refractivity contribution in [2.75, 3.05) is 19.8 Å². The molecule has 0 aromatic heterocycles. The molecule has 1 rings (SSSR count). The largest absolute Gasteiger partial charge is 0.490 e.